The molecule has 1 N–H and O–H groups in total. The van der Waals surface area contributed by atoms with Crippen LogP contribution < -0.4 is 0 Å². The van der Waals surface area contributed by atoms with Gasteiger partial charge in [0.25, 0.3) is 0 Å². The van der Waals surface area contributed by atoms with E-state index in [9.17, 15) is 9.90 Å². The Kier molecular flexibility index (Phi) is 3.38. The van der Waals surface area contributed by atoms with Gasteiger partial charge >= 0.3 is 5.97 Å². The number of carboxylic acid groups (broad SMARTS) is 1. The first-order valence-corrected chi connectivity index (χ1v) is 9.14. The van der Waals surface area contributed by atoms with E-state index in [4.69, 9.17) is 9.40 Å². The Morgan fingerprint density at radius 1 is 1.15 bits per heavy atom. The summed E-state index contributed by atoms with van der Waals surface area (Å²) in [7, 11) is 0. The maximum Gasteiger partial charge on any atom is 0.335 e. The molecule has 0 radical (unpaired) electrons. The smallest absolute Gasteiger partial charge is 0.335 e. The molecule has 3 aromatic heterocycles. The van der Waals surface area contributed by atoms with Crippen LogP contribution >= 0.6 is 11.3 Å². The van der Waals surface area contributed by atoms with Gasteiger partial charge in [-0.1, -0.05) is 0 Å². The molecule has 5 rings (SSSR count). The molecule has 0 aliphatic carbocycles. The maximum atomic E-state index is 11.3. The fraction of sp³-hybridized carbons (Fsp3) is 0.0500. The van der Waals surface area contributed by atoms with Crippen LogP contribution in [0.5, 0.6) is 0 Å². The van der Waals surface area contributed by atoms with Gasteiger partial charge in [0.15, 0.2) is 5.13 Å². The number of aryl methyl sites for hydroxylation is 1. The second kappa shape index (κ2) is 5.78. The number of carbonyl (C=O) groups is 1. The van der Waals surface area contributed by atoms with Gasteiger partial charge in [-0.2, -0.15) is 0 Å². The van der Waals surface area contributed by atoms with Crippen LogP contribution in [-0.4, -0.2) is 25.6 Å². The van der Waals surface area contributed by atoms with Gasteiger partial charge in [0, 0.05) is 16.3 Å². The number of hydrogen-bond acceptors (Lipinski definition) is 5. The number of nitrogens with zero attached hydrogens (tertiary/aromatic N) is 3. The lowest BCUT2D eigenvalue weighted by Crippen LogP contribution is -1.99. The third-order valence-electron chi connectivity index (χ3n) is 4.50. The molecule has 7 heteroatoms. The van der Waals surface area contributed by atoms with E-state index in [2.05, 4.69) is 4.98 Å². The van der Waals surface area contributed by atoms with Crippen LogP contribution in [0.1, 0.15) is 16.2 Å². The normalized spacial score (nSPS) is 11.4. The number of thiazole rings is 1. The number of imidazole rings is 1. The molecule has 0 fully saturated rings. The Morgan fingerprint density at radius 3 is 2.89 bits per heavy atom. The molecule has 0 saturated heterocycles. The molecule has 0 atom stereocenters. The predicted octanol–water partition coefficient (Wildman–Crippen LogP) is 4.90. The van der Waals surface area contributed by atoms with E-state index in [-0.39, 0.29) is 5.56 Å². The molecule has 0 spiro atoms. The van der Waals surface area contributed by atoms with Crippen molar-refractivity contribution in [3.05, 3.63) is 65.5 Å². The van der Waals surface area contributed by atoms with E-state index < -0.39 is 5.97 Å². The van der Waals surface area contributed by atoms with Gasteiger partial charge in [-0.15, -0.1) is 11.3 Å². The van der Waals surface area contributed by atoms with Crippen molar-refractivity contribution >= 4 is 39.3 Å². The van der Waals surface area contributed by atoms with Crippen LogP contribution in [0.15, 0.2) is 58.5 Å². The Labute approximate surface area is 157 Å². The predicted molar refractivity (Wildman–Crippen MR) is 104 cm³/mol. The quantitative estimate of drug-likeness (QED) is 0.485. The fourth-order valence-corrected chi connectivity index (χ4v) is 4.09. The topological polar surface area (TPSA) is 81.1 Å². The van der Waals surface area contributed by atoms with Crippen molar-refractivity contribution in [2.45, 2.75) is 6.92 Å². The molecular weight excluding hydrogens is 362 g/mol. The Morgan fingerprint density at radius 2 is 2.04 bits per heavy atom. The number of aromatic nitrogens is 3. The lowest BCUT2D eigenvalue weighted by atomic mass is 10.1. The molecule has 0 unspecified atom stereocenters. The van der Waals surface area contributed by atoms with E-state index in [1.165, 1.54) is 11.3 Å². The number of aromatic carboxylic acids is 1. The maximum absolute atomic E-state index is 11.3. The molecule has 0 aliphatic heterocycles. The van der Waals surface area contributed by atoms with Gasteiger partial charge in [0.1, 0.15) is 11.4 Å². The highest BCUT2D eigenvalue weighted by molar-refractivity contribution is 7.12. The minimum Gasteiger partial charge on any atom is -0.478 e. The van der Waals surface area contributed by atoms with Crippen molar-refractivity contribution in [1.29, 1.82) is 0 Å². The molecule has 6 nitrogen and oxygen atoms in total. The van der Waals surface area contributed by atoms with Crippen LogP contribution in [-0.2, 0) is 0 Å². The van der Waals surface area contributed by atoms with Crippen LogP contribution in [0.25, 0.3) is 38.4 Å². The average Bonchev–Trinajstić information content (AvgIpc) is 3.37. The van der Waals surface area contributed by atoms with E-state index in [1.54, 1.807) is 24.5 Å². The summed E-state index contributed by atoms with van der Waals surface area (Å²) in [5, 5.41) is 13.0. The first kappa shape index (κ1) is 15.8. The van der Waals surface area contributed by atoms with Gasteiger partial charge in [0.2, 0.25) is 0 Å². The van der Waals surface area contributed by atoms with E-state index in [0.29, 0.717) is 0 Å². The summed E-state index contributed by atoms with van der Waals surface area (Å²) >= 11 is 1.49. The first-order valence-electron chi connectivity index (χ1n) is 8.26. The lowest BCUT2D eigenvalue weighted by Gasteiger charge is -2.03. The Balaban J connectivity index is 1.64. The average molecular weight is 375 g/mol. The third kappa shape index (κ3) is 2.51. The summed E-state index contributed by atoms with van der Waals surface area (Å²) in [6, 6.07) is 12.8. The molecule has 3 heterocycles. The Bertz CT molecular complexity index is 1330. The molecule has 5 aromatic rings. The SMILES string of the molecule is Cc1nc2ccc(C(=O)O)cc2n1-c1nc(-c2ccc3occc3c2)cs1. The monoisotopic (exact) mass is 375 g/mol. The van der Waals surface area contributed by atoms with Crippen LogP contribution in [0.4, 0.5) is 0 Å². The summed E-state index contributed by atoms with van der Waals surface area (Å²) in [5.41, 5.74) is 4.40. The van der Waals surface area contributed by atoms with Gasteiger partial charge in [-0.25, -0.2) is 14.8 Å². The summed E-state index contributed by atoms with van der Waals surface area (Å²) < 4.78 is 7.28. The van der Waals surface area contributed by atoms with Crippen molar-refractivity contribution in [2.75, 3.05) is 0 Å². The zero-order valence-electron chi connectivity index (χ0n) is 14.2. The molecule has 0 amide bonds. The zero-order valence-corrected chi connectivity index (χ0v) is 15.0. The van der Waals surface area contributed by atoms with Crippen molar-refractivity contribution in [1.82, 2.24) is 14.5 Å². The second-order valence-electron chi connectivity index (χ2n) is 6.19. The summed E-state index contributed by atoms with van der Waals surface area (Å²) in [6.07, 6.45) is 1.67. The number of furan rings is 1. The van der Waals surface area contributed by atoms with E-state index in [0.717, 1.165) is 44.2 Å². The summed E-state index contributed by atoms with van der Waals surface area (Å²) in [4.78, 5) is 20.6. The molecule has 0 saturated carbocycles. The molecule has 2 aromatic carbocycles. The first-order chi connectivity index (χ1) is 13.1. The standard InChI is InChI=1S/C20H13N3O3S/c1-11-21-15-4-2-14(19(24)25)9-17(15)23(11)20-22-16(10-27-20)12-3-5-18-13(8-12)6-7-26-18/h2-10H,1H3,(H,24,25). The molecule has 0 aliphatic rings. The number of benzene rings is 2. The lowest BCUT2D eigenvalue weighted by molar-refractivity contribution is 0.0697. The van der Waals surface area contributed by atoms with Crippen molar-refractivity contribution < 1.29 is 14.3 Å². The fourth-order valence-electron chi connectivity index (χ4n) is 3.20. The number of rotatable bonds is 3. The Hall–Kier alpha value is -3.45. The van der Waals surface area contributed by atoms with Gasteiger partial charge in [0.05, 0.1) is 28.6 Å². The van der Waals surface area contributed by atoms with E-state index >= 15 is 0 Å². The summed E-state index contributed by atoms with van der Waals surface area (Å²) in [6.45, 7) is 1.89. The zero-order chi connectivity index (χ0) is 18.5. The van der Waals surface area contributed by atoms with Gasteiger partial charge < -0.3 is 9.52 Å². The highest BCUT2D eigenvalue weighted by Gasteiger charge is 2.15. The van der Waals surface area contributed by atoms with E-state index in [1.807, 2.05) is 41.1 Å². The largest absolute Gasteiger partial charge is 0.478 e. The molecule has 0 bridgehead atoms. The van der Waals surface area contributed by atoms with Crippen LogP contribution in [0, 0.1) is 6.92 Å². The number of carboxylic acids is 1. The highest BCUT2D eigenvalue weighted by Crippen LogP contribution is 2.30. The number of fused-ring (bicyclic) bond motifs is 2. The van der Waals surface area contributed by atoms with Crippen LogP contribution in [0.2, 0.25) is 0 Å². The van der Waals surface area contributed by atoms with Crippen molar-refractivity contribution in [2.24, 2.45) is 0 Å². The number of hydrogen-bond donors (Lipinski definition) is 1. The van der Waals surface area contributed by atoms with Crippen molar-refractivity contribution in [3.8, 4) is 16.4 Å². The molecule has 27 heavy (non-hydrogen) atoms. The third-order valence-corrected chi connectivity index (χ3v) is 5.33. The van der Waals surface area contributed by atoms with Crippen LogP contribution in [0.3, 0.4) is 0 Å². The molecule has 132 valence electrons. The minimum absolute atomic E-state index is 0.228. The summed E-state index contributed by atoms with van der Waals surface area (Å²) in [5.74, 6) is -0.200. The highest BCUT2D eigenvalue weighted by atomic mass is 32.1. The minimum atomic E-state index is -0.962. The van der Waals surface area contributed by atoms with Gasteiger partial charge in [-0.05, 0) is 49.4 Å². The van der Waals surface area contributed by atoms with Crippen molar-refractivity contribution in [3.63, 3.8) is 0 Å². The van der Waals surface area contributed by atoms with Gasteiger partial charge in [-0.3, -0.25) is 4.57 Å². The molecular formula is C20H13N3O3S. The second-order valence-corrected chi connectivity index (χ2v) is 7.03.